The van der Waals surface area contributed by atoms with Gasteiger partial charge in [-0.2, -0.15) is 5.10 Å². The number of ether oxygens (including phenoxy) is 4. The number of carbonyl (C=O) groups excluding carboxylic acids is 1. The van der Waals surface area contributed by atoms with E-state index < -0.39 is 0 Å². The molecule has 0 aromatic heterocycles. The highest BCUT2D eigenvalue weighted by atomic mass is 35.5. The van der Waals surface area contributed by atoms with Gasteiger partial charge in [0.2, 0.25) is 0 Å². The van der Waals surface area contributed by atoms with Gasteiger partial charge in [-0.1, -0.05) is 84.4 Å². The number of carbonyl (C=O) groups is 1. The fourth-order valence-electron chi connectivity index (χ4n) is 4.64. The van der Waals surface area contributed by atoms with Crippen LogP contribution in [0.3, 0.4) is 0 Å². The molecule has 5 rings (SSSR count). The lowest BCUT2D eigenvalue weighted by Gasteiger charge is -2.16. The van der Waals surface area contributed by atoms with E-state index in [9.17, 15) is 4.79 Å². The molecular weight excluding hydrogens is 576 g/mol. The van der Waals surface area contributed by atoms with Crippen LogP contribution in [0, 0.1) is 0 Å². The highest BCUT2D eigenvalue weighted by molar-refractivity contribution is 6.32. The summed E-state index contributed by atoms with van der Waals surface area (Å²) in [6, 6.07) is 32.4. The van der Waals surface area contributed by atoms with Crippen LogP contribution in [0.5, 0.6) is 23.0 Å². The van der Waals surface area contributed by atoms with Gasteiger partial charge in [-0.05, 0) is 71.6 Å². The number of benzene rings is 5. The summed E-state index contributed by atoms with van der Waals surface area (Å²) in [5.74, 6) is 1.86. The number of hydrogen-bond acceptors (Lipinski definition) is 6. The summed E-state index contributed by atoms with van der Waals surface area (Å²) < 4.78 is 23.9. The molecule has 1 N–H and O–H groups in total. The maximum atomic E-state index is 12.8. The summed E-state index contributed by atoms with van der Waals surface area (Å²) in [7, 11) is 0. The molecule has 5 aromatic rings. The van der Waals surface area contributed by atoms with E-state index in [4.69, 9.17) is 30.5 Å². The van der Waals surface area contributed by atoms with E-state index in [1.54, 1.807) is 18.2 Å². The smallest absolute Gasteiger partial charge is 0.271 e. The quantitative estimate of drug-likeness (QED) is 0.108. The molecule has 7 nitrogen and oxygen atoms in total. The van der Waals surface area contributed by atoms with Gasteiger partial charge in [0.25, 0.3) is 5.91 Å². The molecule has 1 amide bonds. The minimum atomic E-state index is -0.308. The fourth-order valence-corrected chi connectivity index (χ4v) is 4.91. The van der Waals surface area contributed by atoms with Crippen molar-refractivity contribution in [3.05, 3.63) is 130 Å². The third-order valence-corrected chi connectivity index (χ3v) is 6.95. The molecule has 224 valence electrons. The van der Waals surface area contributed by atoms with Crippen LogP contribution in [0.2, 0.25) is 5.02 Å². The van der Waals surface area contributed by atoms with Crippen LogP contribution < -0.4 is 24.4 Å². The minimum Gasteiger partial charge on any atom is -0.490 e. The number of hydrogen-bond donors (Lipinski definition) is 1. The monoisotopic (exact) mass is 608 g/mol. The Morgan fingerprint density at radius 2 is 1.45 bits per heavy atom. The summed E-state index contributed by atoms with van der Waals surface area (Å²) in [5, 5.41) is 6.34. The van der Waals surface area contributed by atoms with Crippen LogP contribution in [-0.4, -0.2) is 25.3 Å². The minimum absolute atomic E-state index is 0.230. The van der Waals surface area contributed by atoms with E-state index in [-0.39, 0.29) is 12.5 Å². The van der Waals surface area contributed by atoms with Crippen LogP contribution in [0.25, 0.3) is 10.8 Å². The molecule has 0 fully saturated rings. The molecular formula is C36H33ClN2O5. The van der Waals surface area contributed by atoms with Gasteiger partial charge in [0.15, 0.2) is 23.0 Å². The molecule has 0 radical (unpaired) electrons. The SMILES string of the molecule is CCOc1cc(COc2c(Cl)cc(/C=N/NC(=O)c3cccc4ccccc34)cc2OCC)ccc1OCc1ccccc1. The molecule has 44 heavy (non-hydrogen) atoms. The molecule has 0 aliphatic rings. The van der Waals surface area contributed by atoms with Gasteiger partial charge in [-0.3, -0.25) is 4.79 Å². The number of nitrogens with one attached hydrogen (secondary N) is 1. The molecule has 0 saturated heterocycles. The average molecular weight is 609 g/mol. The zero-order valence-electron chi connectivity index (χ0n) is 24.6. The molecule has 0 aliphatic heterocycles. The number of fused-ring (bicyclic) bond motifs is 1. The van der Waals surface area contributed by atoms with Crippen LogP contribution in [0.1, 0.15) is 40.9 Å². The van der Waals surface area contributed by atoms with Crippen molar-refractivity contribution in [2.45, 2.75) is 27.1 Å². The van der Waals surface area contributed by atoms with Crippen molar-refractivity contribution in [2.24, 2.45) is 5.10 Å². The van der Waals surface area contributed by atoms with E-state index in [0.717, 1.165) is 21.9 Å². The normalized spacial score (nSPS) is 11.0. The summed E-state index contributed by atoms with van der Waals surface area (Å²) in [4.78, 5) is 12.8. The molecule has 5 aromatic carbocycles. The van der Waals surface area contributed by atoms with Crippen LogP contribution in [-0.2, 0) is 13.2 Å². The van der Waals surface area contributed by atoms with E-state index in [1.165, 1.54) is 6.21 Å². The highest BCUT2D eigenvalue weighted by Crippen LogP contribution is 2.37. The molecule has 8 heteroatoms. The second-order valence-electron chi connectivity index (χ2n) is 9.77. The second-order valence-corrected chi connectivity index (χ2v) is 10.2. The van der Waals surface area contributed by atoms with Crippen LogP contribution in [0.4, 0.5) is 0 Å². The molecule has 0 saturated carbocycles. The standard InChI is InChI=1S/C36H33ClN2O5/c1-3-41-33-20-26(17-18-32(33)43-23-25-11-6-5-7-12-25)24-44-35-31(37)19-27(21-34(35)42-4-2)22-38-39-36(40)30-16-10-14-28-13-8-9-15-29(28)30/h5-22H,3-4,23-24H2,1-2H3,(H,39,40)/b38-22+. The Balaban J connectivity index is 1.27. The largest absolute Gasteiger partial charge is 0.490 e. The topological polar surface area (TPSA) is 78.4 Å². The van der Waals surface area contributed by atoms with Crippen molar-refractivity contribution < 1.29 is 23.7 Å². The summed E-state index contributed by atoms with van der Waals surface area (Å²) in [5.41, 5.74) is 5.73. The Hall–Kier alpha value is -5.01. The van der Waals surface area contributed by atoms with Crippen molar-refractivity contribution in [3.63, 3.8) is 0 Å². The van der Waals surface area contributed by atoms with Crippen LogP contribution in [0.15, 0.2) is 108 Å². The van der Waals surface area contributed by atoms with Crippen LogP contribution >= 0.6 is 11.6 Å². The van der Waals surface area contributed by atoms with E-state index in [0.29, 0.717) is 59.0 Å². The van der Waals surface area contributed by atoms with Gasteiger partial charge in [0, 0.05) is 5.56 Å². The molecule has 0 bridgehead atoms. The molecule has 0 atom stereocenters. The summed E-state index contributed by atoms with van der Waals surface area (Å²) >= 11 is 6.65. The maximum Gasteiger partial charge on any atom is 0.271 e. The molecule has 0 aliphatic carbocycles. The van der Waals surface area contributed by atoms with Crippen molar-refractivity contribution in [3.8, 4) is 23.0 Å². The van der Waals surface area contributed by atoms with E-state index >= 15 is 0 Å². The first-order chi connectivity index (χ1) is 21.6. The fraction of sp³-hybridized carbons (Fsp3) is 0.167. The predicted molar refractivity (Wildman–Crippen MR) is 174 cm³/mol. The van der Waals surface area contributed by atoms with Crippen molar-refractivity contribution >= 4 is 34.5 Å². The lowest BCUT2D eigenvalue weighted by atomic mass is 10.0. The Kier molecular flexibility index (Phi) is 10.3. The Labute approximate surface area is 262 Å². The number of halogens is 1. The van der Waals surface area contributed by atoms with Gasteiger partial charge >= 0.3 is 0 Å². The molecule has 0 heterocycles. The highest BCUT2D eigenvalue weighted by Gasteiger charge is 2.15. The van der Waals surface area contributed by atoms with Gasteiger partial charge in [0.1, 0.15) is 13.2 Å². The van der Waals surface area contributed by atoms with Gasteiger partial charge in [0.05, 0.1) is 24.5 Å². The Morgan fingerprint density at radius 3 is 2.27 bits per heavy atom. The molecule has 0 unspecified atom stereocenters. The van der Waals surface area contributed by atoms with Crippen molar-refractivity contribution in [2.75, 3.05) is 13.2 Å². The molecule has 0 spiro atoms. The van der Waals surface area contributed by atoms with Crippen molar-refractivity contribution in [1.82, 2.24) is 5.43 Å². The first kappa shape index (κ1) is 30.4. The van der Waals surface area contributed by atoms with Gasteiger partial charge < -0.3 is 18.9 Å². The zero-order chi connectivity index (χ0) is 30.7. The van der Waals surface area contributed by atoms with Gasteiger partial charge in [-0.25, -0.2) is 5.43 Å². The summed E-state index contributed by atoms with van der Waals surface area (Å²) in [6.45, 7) is 5.38. The van der Waals surface area contributed by atoms with Gasteiger partial charge in [-0.15, -0.1) is 0 Å². The average Bonchev–Trinajstić information content (AvgIpc) is 3.04. The van der Waals surface area contributed by atoms with E-state index in [2.05, 4.69) is 10.5 Å². The Morgan fingerprint density at radius 1 is 0.727 bits per heavy atom. The number of rotatable bonds is 13. The summed E-state index contributed by atoms with van der Waals surface area (Å²) in [6.07, 6.45) is 1.52. The number of amides is 1. The first-order valence-electron chi connectivity index (χ1n) is 14.4. The first-order valence-corrected chi connectivity index (χ1v) is 14.8. The maximum absolute atomic E-state index is 12.8. The number of nitrogens with zero attached hydrogens (tertiary/aromatic N) is 1. The third-order valence-electron chi connectivity index (χ3n) is 6.67. The van der Waals surface area contributed by atoms with Crippen molar-refractivity contribution in [1.29, 1.82) is 0 Å². The lowest BCUT2D eigenvalue weighted by molar-refractivity contribution is 0.0957. The second kappa shape index (κ2) is 14.9. The Bertz CT molecular complexity index is 1750. The third kappa shape index (κ3) is 7.68. The predicted octanol–water partition coefficient (Wildman–Crippen LogP) is 8.21. The van der Waals surface area contributed by atoms with E-state index in [1.807, 2.05) is 98.8 Å². The number of hydrazone groups is 1. The lowest BCUT2D eigenvalue weighted by Crippen LogP contribution is -2.17. The zero-order valence-corrected chi connectivity index (χ0v) is 25.3.